The first kappa shape index (κ1) is 28.7. The minimum atomic E-state index is -1.12. The minimum absolute atomic E-state index is 0.0621. The number of aromatic nitrogens is 2. The summed E-state index contributed by atoms with van der Waals surface area (Å²) in [5, 5.41) is 0. The van der Waals surface area contributed by atoms with Gasteiger partial charge in [0, 0.05) is 24.0 Å². The van der Waals surface area contributed by atoms with Crippen molar-refractivity contribution in [2.75, 3.05) is 28.4 Å². The molecule has 9 nitrogen and oxygen atoms in total. The average molecular weight is 588 g/mol. The van der Waals surface area contributed by atoms with Gasteiger partial charge in [0.05, 0.1) is 35.8 Å². The maximum atomic E-state index is 14.6. The van der Waals surface area contributed by atoms with Gasteiger partial charge >= 0.3 is 0 Å². The number of imidazole rings is 1. The number of benzene rings is 4. The van der Waals surface area contributed by atoms with E-state index in [1.807, 2.05) is 103 Å². The molecule has 1 aliphatic rings. The van der Waals surface area contributed by atoms with E-state index >= 15 is 0 Å². The zero-order chi connectivity index (χ0) is 30.8. The maximum Gasteiger partial charge on any atom is 0.247 e. The topological polar surface area (TPSA) is 88.0 Å². The van der Waals surface area contributed by atoms with Crippen LogP contribution in [-0.4, -0.2) is 47.0 Å². The van der Waals surface area contributed by atoms with Crippen LogP contribution in [-0.2, 0) is 20.9 Å². The van der Waals surface area contributed by atoms with Crippen molar-refractivity contribution in [3.05, 3.63) is 109 Å². The zero-order valence-electron chi connectivity index (χ0n) is 24.8. The number of fused-ring (bicyclic) bond motifs is 2. The van der Waals surface area contributed by atoms with Gasteiger partial charge in [0.1, 0.15) is 18.2 Å². The van der Waals surface area contributed by atoms with E-state index in [2.05, 4.69) is 4.98 Å². The van der Waals surface area contributed by atoms with Gasteiger partial charge < -0.3 is 19.1 Å². The van der Waals surface area contributed by atoms with Crippen LogP contribution in [0.2, 0.25) is 0 Å². The summed E-state index contributed by atoms with van der Waals surface area (Å²) < 4.78 is 7.12. The molecule has 0 fully saturated rings. The number of hydrogen-bond acceptors (Lipinski definition) is 5. The van der Waals surface area contributed by atoms with Crippen LogP contribution in [0.25, 0.3) is 11.0 Å². The van der Waals surface area contributed by atoms with Gasteiger partial charge in [0.2, 0.25) is 17.7 Å². The van der Waals surface area contributed by atoms with Crippen molar-refractivity contribution in [1.82, 2.24) is 9.55 Å². The second-order valence-electron chi connectivity index (χ2n) is 10.9. The highest BCUT2D eigenvalue weighted by Crippen LogP contribution is 2.40. The van der Waals surface area contributed by atoms with E-state index in [-0.39, 0.29) is 30.9 Å². The molecule has 0 saturated carbocycles. The average Bonchev–Trinajstić information content (AvgIpc) is 3.43. The van der Waals surface area contributed by atoms with Gasteiger partial charge in [-0.3, -0.25) is 19.3 Å². The van der Waals surface area contributed by atoms with Gasteiger partial charge in [0.25, 0.3) is 0 Å². The molecule has 9 heteroatoms. The summed E-state index contributed by atoms with van der Waals surface area (Å²) in [5.41, 5.74) is 3.92. The van der Waals surface area contributed by atoms with Crippen LogP contribution >= 0.6 is 0 Å². The summed E-state index contributed by atoms with van der Waals surface area (Å²) in [7, 11) is 1.59. The molecule has 1 aliphatic heterocycles. The lowest BCUT2D eigenvalue weighted by Gasteiger charge is -2.31. The first-order valence-corrected chi connectivity index (χ1v) is 14.5. The van der Waals surface area contributed by atoms with E-state index in [9.17, 15) is 14.4 Å². The molecular formula is C35H33N5O4. The zero-order valence-corrected chi connectivity index (χ0v) is 24.8. The van der Waals surface area contributed by atoms with Crippen LogP contribution in [0.15, 0.2) is 109 Å². The number of para-hydroxylation sites is 5. The quantitative estimate of drug-likeness (QED) is 0.214. The molecule has 2 heterocycles. The van der Waals surface area contributed by atoms with Crippen molar-refractivity contribution >= 4 is 51.5 Å². The van der Waals surface area contributed by atoms with Gasteiger partial charge in [-0.2, -0.15) is 0 Å². The highest BCUT2D eigenvalue weighted by Gasteiger charge is 2.42. The molecule has 0 bridgehead atoms. The number of carbonyl (C=O) groups excluding carboxylic acids is 3. The summed E-state index contributed by atoms with van der Waals surface area (Å²) in [4.78, 5) is 52.3. The van der Waals surface area contributed by atoms with E-state index in [0.29, 0.717) is 28.5 Å². The van der Waals surface area contributed by atoms with Gasteiger partial charge in [0.15, 0.2) is 0 Å². The molecule has 1 atom stereocenters. The SMILES string of the molecule is COc1ccc(N(C(=O)CN2C(=O)C(Cn3cnc4ccccc43)C(=O)N(c3ccccc3)c3ccccc32)C(C)C)cc1. The molecule has 5 aromatic rings. The van der Waals surface area contributed by atoms with Crippen LogP contribution in [0.3, 0.4) is 0 Å². The lowest BCUT2D eigenvalue weighted by molar-refractivity contribution is -0.133. The van der Waals surface area contributed by atoms with Crippen LogP contribution in [0, 0.1) is 5.92 Å². The number of carbonyl (C=O) groups is 3. The van der Waals surface area contributed by atoms with E-state index in [1.54, 1.807) is 41.4 Å². The lowest BCUT2D eigenvalue weighted by atomic mass is 10.1. The monoisotopic (exact) mass is 587 g/mol. The summed E-state index contributed by atoms with van der Waals surface area (Å²) >= 11 is 0. The van der Waals surface area contributed by atoms with Crippen LogP contribution < -0.4 is 19.4 Å². The Balaban J connectivity index is 1.44. The smallest absolute Gasteiger partial charge is 0.247 e. The molecule has 0 spiro atoms. The molecule has 0 N–H and O–H groups in total. The number of ether oxygens (including phenoxy) is 1. The number of anilines is 4. The molecule has 222 valence electrons. The predicted molar refractivity (Wildman–Crippen MR) is 171 cm³/mol. The third kappa shape index (κ3) is 5.28. The Morgan fingerprint density at radius 2 is 1.50 bits per heavy atom. The Kier molecular flexibility index (Phi) is 7.85. The third-order valence-corrected chi connectivity index (χ3v) is 7.85. The highest BCUT2D eigenvalue weighted by molar-refractivity contribution is 6.21. The Morgan fingerprint density at radius 1 is 0.841 bits per heavy atom. The Bertz CT molecular complexity index is 1820. The van der Waals surface area contributed by atoms with E-state index in [4.69, 9.17) is 4.74 Å². The van der Waals surface area contributed by atoms with Gasteiger partial charge in [-0.15, -0.1) is 0 Å². The standard InChI is InChI=1S/C35H33N5O4/c1-24(2)39(26-17-19-27(44-3)20-18-26)33(41)22-38-31-15-9-10-16-32(31)40(25-11-5-4-6-12-25)35(43)28(34(38)42)21-37-23-36-29-13-7-8-14-30(29)37/h4-20,23-24,28H,21-22H2,1-3H3. The predicted octanol–water partition coefficient (Wildman–Crippen LogP) is 5.81. The number of hydrogen-bond donors (Lipinski definition) is 0. The van der Waals surface area contributed by atoms with E-state index in [0.717, 1.165) is 11.0 Å². The van der Waals surface area contributed by atoms with E-state index < -0.39 is 11.8 Å². The number of amides is 3. The fourth-order valence-electron chi connectivity index (χ4n) is 5.77. The molecule has 3 amide bonds. The Labute approximate surface area is 255 Å². The number of nitrogens with zero attached hydrogens (tertiary/aromatic N) is 5. The van der Waals surface area contributed by atoms with Crippen molar-refractivity contribution in [3.8, 4) is 5.75 Å². The first-order chi connectivity index (χ1) is 21.4. The minimum Gasteiger partial charge on any atom is -0.497 e. The van der Waals surface area contributed by atoms with Gasteiger partial charge in [-0.1, -0.05) is 42.5 Å². The van der Waals surface area contributed by atoms with E-state index in [1.165, 1.54) is 4.90 Å². The maximum absolute atomic E-state index is 14.6. The molecular weight excluding hydrogens is 554 g/mol. The summed E-state index contributed by atoms with van der Waals surface area (Å²) in [6.45, 7) is 3.66. The molecule has 44 heavy (non-hydrogen) atoms. The molecule has 0 saturated heterocycles. The molecule has 4 aromatic carbocycles. The summed E-state index contributed by atoms with van der Waals surface area (Å²) in [6, 6.07) is 31.1. The summed E-state index contributed by atoms with van der Waals surface area (Å²) in [5.74, 6) is -1.55. The molecule has 0 radical (unpaired) electrons. The Morgan fingerprint density at radius 3 is 2.20 bits per heavy atom. The molecule has 0 aliphatic carbocycles. The van der Waals surface area contributed by atoms with Crippen molar-refractivity contribution in [1.29, 1.82) is 0 Å². The van der Waals surface area contributed by atoms with Crippen molar-refractivity contribution in [2.45, 2.75) is 26.4 Å². The van der Waals surface area contributed by atoms with Gasteiger partial charge in [-0.25, -0.2) is 4.98 Å². The first-order valence-electron chi connectivity index (χ1n) is 14.5. The molecule has 1 aromatic heterocycles. The normalized spacial score (nSPS) is 15.0. The van der Waals surface area contributed by atoms with Crippen molar-refractivity contribution in [2.24, 2.45) is 5.92 Å². The second kappa shape index (κ2) is 12.0. The lowest BCUT2D eigenvalue weighted by Crippen LogP contribution is -2.49. The number of rotatable bonds is 8. The van der Waals surface area contributed by atoms with Crippen LogP contribution in [0.5, 0.6) is 5.75 Å². The van der Waals surface area contributed by atoms with Crippen molar-refractivity contribution < 1.29 is 19.1 Å². The van der Waals surface area contributed by atoms with Crippen LogP contribution in [0.4, 0.5) is 22.7 Å². The molecule has 6 rings (SSSR count). The largest absolute Gasteiger partial charge is 0.497 e. The second-order valence-corrected chi connectivity index (χ2v) is 10.9. The highest BCUT2D eigenvalue weighted by atomic mass is 16.5. The number of methoxy groups -OCH3 is 1. The van der Waals surface area contributed by atoms with Gasteiger partial charge in [-0.05, 0) is 74.5 Å². The van der Waals surface area contributed by atoms with Crippen molar-refractivity contribution in [3.63, 3.8) is 0 Å². The fraction of sp³-hybridized carbons (Fsp3) is 0.200. The third-order valence-electron chi connectivity index (χ3n) is 7.85. The molecule has 1 unspecified atom stereocenters. The van der Waals surface area contributed by atoms with Crippen LogP contribution in [0.1, 0.15) is 13.8 Å². The Hall–Kier alpha value is -5.44. The fourth-order valence-corrected chi connectivity index (χ4v) is 5.77. The summed E-state index contributed by atoms with van der Waals surface area (Å²) in [6.07, 6.45) is 1.65.